The second-order valence-electron chi connectivity index (χ2n) is 2.64. The SMILES string of the molecule is O=S(=O)(C(CCO)CCO)C(F)(F)F. The summed E-state index contributed by atoms with van der Waals surface area (Å²) in [5, 5.41) is 15.0. The molecule has 0 heterocycles. The van der Waals surface area contributed by atoms with Gasteiger partial charge in [-0.15, -0.1) is 0 Å². The van der Waals surface area contributed by atoms with Gasteiger partial charge < -0.3 is 10.2 Å². The molecule has 0 unspecified atom stereocenters. The second kappa shape index (κ2) is 4.94. The van der Waals surface area contributed by atoms with Gasteiger partial charge in [-0.1, -0.05) is 0 Å². The predicted molar refractivity (Wildman–Crippen MR) is 42.2 cm³/mol. The maximum Gasteiger partial charge on any atom is 0.497 e. The number of halogens is 3. The molecule has 0 atom stereocenters. The van der Waals surface area contributed by atoms with Gasteiger partial charge in [0.2, 0.25) is 0 Å². The van der Waals surface area contributed by atoms with Crippen molar-refractivity contribution in [3.8, 4) is 0 Å². The van der Waals surface area contributed by atoms with Gasteiger partial charge in [0.1, 0.15) is 0 Å². The van der Waals surface area contributed by atoms with Crippen LogP contribution in [0.3, 0.4) is 0 Å². The lowest BCUT2D eigenvalue weighted by Crippen LogP contribution is -2.35. The molecule has 0 aromatic heterocycles. The zero-order valence-corrected chi connectivity index (χ0v) is 7.98. The van der Waals surface area contributed by atoms with E-state index in [4.69, 9.17) is 10.2 Å². The van der Waals surface area contributed by atoms with Crippen LogP contribution in [0.4, 0.5) is 13.2 Å². The third-order valence-electron chi connectivity index (χ3n) is 1.66. The van der Waals surface area contributed by atoms with Crippen LogP contribution in [0.5, 0.6) is 0 Å². The number of hydrogen-bond donors (Lipinski definition) is 2. The lowest BCUT2D eigenvalue weighted by atomic mass is 10.2. The summed E-state index contributed by atoms with van der Waals surface area (Å²) >= 11 is 0. The largest absolute Gasteiger partial charge is 0.497 e. The van der Waals surface area contributed by atoms with E-state index in [2.05, 4.69) is 0 Å². The van der Waals surface area contributed by atoms with Crippen molar-refractivity contribution >= 4 is 9.84 Å². The highest BCUT2D eigenvalue weighted by molar-refractivity contribution is 7.92. The molecule has 0 rings (SSSR count). The maximum atomic E-state index is 12.0. The van der Waals surface area contributed by atoms with Crippen molar-refractivity contribution in [3.05, 3.63) is 0 Å². The van der Waals surface area contributed by atoms with Crippen molar-refractivity contribution in [2.24, 2.45) is 0 Å². The fourth-order valence-corrected chi connectivity index (χ4v) is 2.14. The quantitative estimate of drug-likeness (QED) is 0.707. The Morgan fingerprint density at radius 1 is 1.07 bits per heavy atom. The monoisotopic (exact) mass is 236 g/mol. The molecule has 0 aromatic rings. The van der Waals surface area contributed by atoms with Crippen LogP contribution < -0.4 is 0 Å². The summed E-state index contributed by atoms with van der Waals surface area (Å²) in [6.45, 7) is -1.33. The first-order valence-electron chi connectivity index (χ1n) is 3.79. The molecule has 8 heteroatoms. The van der Waals surface area contributed by atoms with Gasteiger partial charge in [-0.05, 0) is 12.8 Å². The minimum atomic E-state index is -5.33. The number of aliphatic hydroxyl groups is 2. The first-order valence-corrected chi connectivity index (χ1v) is 5.34. The third-order valence-corrected chi connectivity index (χ3v) is 3.66. The molecule has 86 valence electrons. The van der Waals surface area contributed by atoms with Crippen LogP contribution in [-0.2, 0) is 9.84 Å². The Kier molecular flexibility index (Phi) is 4.82. The number of sulfone groups is 1. The summed E-state index contributed by atoms with van der Waals surface area (Å²) in [7, 11) is -5.28. The minimum absolute atomic E-state index is 0.525. The molecule has 0 spiro atoms. The van der Waals surface area contributed by atoms with Crippen LogP contribution >= 0.6 is 0 Å². The zero-order valence-electron chi connectivity index (χ0n) is 7.16. The molecule has 4 nitrogen and oxygen atoms in total. The molecule has 0 radical (unpaired) electrons. The van der Waals surface area contributed by atoms with E-state index >= 15 is 0 Å². The topological polar surface area (TPSA) is 74.6 Å². The molecule has 14 heavy (non-hydrogen) atoms. The summed E-state index contributed by atoms with van der Waals surface area (Å²) in [6, 6.07) is 0. The average molecular weight is 236 g/mol. The molecule has 0 aliphatic rings. The molecule has 0 saturated carbocycles. The van der Waals surface area contributed by atoms with Gasteiger partial charge in [0, 0.05) is 13.2 Å². The second-order valence-corrected chi connectivity index (χ2v) is 4.86. The Hall–Kier alpha value is -0.340. The summed E-state index contributed by atoms with van der Waals surface area (Å²) in [5.74, 6) is 0. The predicted octanol–water partition coefficient (Wildman–Crippen LogP) is 0.0544. The fraction of sp³-hybridized carbons (Fsp3) is 1.00. The van der Waals surface area contributed by atoms with Gasteiger partial charge >= 0.3 is 5.51 Å². The molecular weight excluding hydrogens is 225 g/mol. The summed E-state index contributed by atoms with van der Waals surface area (Å²) in [5.41, 5.74) is -5.33. The van der Waals surface area contributed by atoms with Crippen molar-refractivity contribution < 1.29 is 31.8 Å². The minimum Gasteiger partial charge on any atom is -0.396 e. The van der Waals surface area contributed by atoms with Crippen LogP contribution in [-0.4, -0.2) is 42.6 Å². The van der Waals surface area contributed by atoms with E-state index in [1.165, 1.54) is 0 Å². The molecular formula is C6H11F3O4S. The van der Waals surface area contributed by atoms with E-state index in [0.717, 1.165) is 0 Å². The average Bonchev–Trinajstić information content (AvgIpc) is 2.02. The summed E-state index contributed by atoms with van der Waals surface area (Å²) in [4.78, 5) is 0. The van der Waals surface area contributed by atoms with Gasteiger partial charge in [-0.25, -0.2) is 8.42 Å². The van der Waals surface area contributed by atoms with Gasteiger partial charge in [0.25, 0.3) is 9.84 Å². The fourth-order valence-electron chi connectivity index (χ4n) is 0.932. The Morgan fingerprint density at radius 3 is 1.64 bits per heavy atom. The number of aliphatic hydroxyl groups excluding tert-OH is 2. The van der Waals surface area contributed by atoms with Crippen molar-refractivity contribution in [2.75, 3.05) is 13.2 Å². The van der Waals surface area contributed by atoms with Gasteiger partial charge in [-0.2, -0.15) is 13.2 Å². The Morgan fingerprint density at radius 2 is 1.43 bits per heavy atom. The highest BCUT2D eigenvalue weighted by atomic mass is 32.2. The standard InChI is InChI=1S/C6H11F3O4S/c7-6(8,9)14(12,13)5(1-3-10)2-4-11/h5,10-11H,1-4H2. The molecule has 0 amide bonds. The number of rotatable bonds is 5. The number of hydrogen-bond acceptors (Lipinski definition) is 4. The van der Waals surface area contributed by atoms with Crippen LogP contribution in [0, 0.1) is 0 Å². The number of alkyl halides is 3. The molecule has 0 fully saturated rings. The summed E-state index contributed by atoms with van der Waals surface area (Å²) < 4.78 is 57.5. The van der Waals surface area contributed by atoms with Crippen LogP contribution in [0.2, 0.25) is 0 Å². The summed E-state index contributed by atoms with van der Waals surface area (Å²) in [6.07, 6.45) is -1.05. The van der Waals surface area contributed by atoms with E-state index in [1.54, 1.807) is 0 Å². The van der Waals surface area contributed by atoms with Gasteiger partial charge in [-0.3, -0.25) is 0 Å². The van der Waals surface area contributed by atoms with E-state index in [-0.39, 0.29) is 0 Å². The highest BCUT2D eigenvalue weighted by Gasteiger charge is 2.49. The van der Waals surface area contributed by atoms with Crippen LogP contribution in [0.25, 0.3) is 0 Å². The first-order chi connectivity index (χ1) is 6.27. The zero-order chi connectivity index (χ0) is 11.4. The van der Waals surface area contributed by atoms with Crippen molar-refractivity contribution in [2.45, 2.75) is 23.6 Å². The smallest absolute Gasteiger partial charge is 0.396 e. The Labute approximate surface area is 79.3 Å². The van der Waals surface area contributed by atoms with Crippen LogP contribution in [0.1, 0.15) is 12.8 Å². The van der Waals surface area contributed by atoms with E-state index in [9.17, 15) is 21.6 Å². The van der Waals surface area contributed by atoms with Crippen molar-refractivity contribution in [3.63, 3.8) is 0 Å². The van der Waals surface area contributed by atoms with E-state index in [1.807, 2.05) is 0 Å². The molecule has 0 saturated heterocycles. The normalized spacial score (nSPS) is 13.6. The third kappa shape index (κ3) is 3.10. The van der Waals surface area contributed by atoms with Gasteiger partial charge in [0.15, 0.2) is 0 Å². The molecule has 0 aliphatic carbocycles. The molecule has 0 aromatic carbocycles. The first kappa shape index (κ1) is 13.7. The van der Waals surface area contributed by atoms with Crippen LogP contribution in [0.15, 0.2) is 0 Å². The highest BCUT2D eigenvalue weighted by Crippen LogP contribution is 2.29. The lowest BCUT2D eigenvalue weighted by molar-refractivity contribution is -0.0448. The van der Waals surface area contributed by atoms with E-state index in [0.29, 0.717) is 0 Å². The maximum absolute atomic E-state index is 12.0. The van der Waals surface area contributed by atoms with Gasteiger partial charge in [0.05, 0.1) is 5.25 Å². The molecule has 0 bridgehead atoms. The molecule has 2 N–H and O–H groups in total. The van der Waals surface area contributed by atoms with E-state index < -0.39 is 46.7 Å². The van der Waals surface area contributed by atoms with Crippen molar-refractivity contribution in [1.82, 2.24) is 0 Å². The van der Waals surface area contributed by atoms with Crippen molar-refractivity contribution in [1.29, 1.82) is 0 Å². The Bertz CT molecular complexity index is 253. The Balaban J connectivity index is 4.81. The lowest BCUT2D eigenvalue weighted by Gasteiger charge is -2.17. The molecule has 0 aliphatic heterocycles.